The van der Waals surface area contributed by atoms with E-state index in [4.69, 9.17) is 9.47 Å². The van der Waals surface area contributed by atoms with Crippen LogP contribution >= 0.6 is 0 Å². The molecule has 1 heterocycles. The van der Waals surface area contributed by atoms with Gasteiger partial charge < -0.3 is 14.6 Å². The Morgan fingerprint density at radius 1 is 1.53 bits per heavy atom. The molecule has 1 fully saturated rings. The molecule has 1 aromatic carbocycles. The quantitative estimate of drug-likeness (QED) is 0.824. The molecule has 2 atom stereocenters. The summed E-state index contributed by atoms with van der Waals surface area (Å²) >= 11 is 0. The van der Waals surface area contributed by atoms with Crippen molar-refractivity contribution in [3.05, 3.63) is 29.8 Å². The van der Waals surface area contributed by atoms with Crippen LogP contribution in [0, 0.1) is 0 Å². The van der Waals surface area contributed by atoms with Crippen LogP contribution in [0.1, 0.15) is 25.0 Å². The first-order valence-corrected chi connectivity index (χ1v) is 5.28. The SMILES string of the molecule is C[C@H](O)c1cccc(OC2CCOC2)c1. The first kappa shape index (κ1) is 10.5. The average molecular weight is 208 g/mol. The Balaban J connectivity index is 2.04. The fourth-order valence-corrected chi connectivity index (χ4v) is 1.65. The zero-order chi connectivity index (χ0) is 10.7. The summed E-state index contributed by atoms with van der Waals surface area (Å²) in [6.07, 6.45) is 0.654. The summed E-state index contributed by atoms with van der Waals surface area (Å²) in [6, 6.07) is 7.57. The first-order valence-electron chi connectivity index (χ1n) is 5.28. The van der Waals surface area contributed by atoms with Crippen molar-refractivity contribution in [2.24, 2.45) is 0 Å². The molecule has 0 radical (unpaired) electrons. The van der Waals surface area contributed by atoms with Gasteiger partial charge in [-0.15, -0.1) is 0 Å². The van der Waals surface area contributed by atoms with Gasteiger partial charge in [-0.2, -0.15) is 0 Å². The fraction of sp³-hybridized carbons (Fsp3) is 0.500. The summed E-state index contributed by atoms with van der Waals surface area (Å²) < 4.78 is 11.0. The van der Waals surface area contributed by atoms with Gasteiger partial charge in [-0.05, 0) is 24.6 Å². The summed E-state index contributed by atoms with van der Waals surface area (Å²) in [4.78, 5) is 0. The van der Waals surface area contributed by atoms with E-state index >= 15 is 0 Å². The summed E-state index contributed by atoms with van der Waals surface area (Å²) in [5.41, 5.74) is 0.881. The Hall–Kier alpha value is -1.06. The van der Waals surface area contributed by atoms with Gasteiger partial charge in [0.15, 0.2) is 0 Å². The maximum Gasteiger partial charge on any atom is 0.124 e. The van der Waals surface area contributed by atoms with Crippen LogP contribution in [0.15, 0.2) is 24.3 Å². The van der Waals surface area contributed by atoms with E-state index in [2.05, 4.69) is 0 Å². The molecule has 1 N–H and O–H groups in total. The smallest absolute Gasteiger partial charge is 0.124 e. The largest absolute Gasteiger partial charge is 0.488 e. The predicted octanol–water partition coefficient (Wildman–Crippen LogP) is 1.91. The van der Waals surface area contributed by atoms with Crippen molar-refractivity contribution in [1.29, 1.82) is 0 Å². The second-order valence-corrected chi connectivity index (χ2v) is 3.85. The van der Waals surface area contributed by atoms with Crippen molar-refractivity contribution in [1.82, 2.24) is 0 Å². The van der Waals surface area contributed by atoms with Crippen LogP contribution < -0.4 is 4.74 Å². The molecule has 0 aromatic heterocycles. The molecule has 1 unspecified atom stereocenters. The molecule has 2 rings (SSSR count). The first-order chi connectivity index (χ1) is 7.25. The van der Waals surface area contributed by atoms with Crippen LogP contribution in [-0.2, 0) is 4.74 Å². The molecule has 3 nitrogen and oxygen atoms in total. The Morgan fingerprint density at radius 3 is 3.07 bits per heavy atom. The normalized spacial score (nSPS) is 22.7. The minimum Gasteiger partial charge on any atom is -0.488 e. The lowest BCUT2D eigenvalue weighted by Gasteiger charge is -2.13. The summed E-state index contributed by atoms with van der Waals surface area (Å²) in [6.45, 7) is 3.19. The van der Waals surface area contributed by atoms with Crippen molar-refractivity contribution in [3.63, 3.8) is 0 Å². The summed E-state index contributed by atoms with van der Waals surface area (Å²) in [7, 11) is 0. The zero-order valence-electron chi connectivity index (χ0n) is 8.85. The van der Waals surface area contributed by atoms with Gasteiger partial charge in [0.25, 0.3) is 0 Å². The Bertz CT molecular complexity index is 316. The molecule has 1 aliphatic rings. The van der Waals surface area contributed by atoms with Crippen LogP contribution in [0.3, 0.4) is 0 Å². The number of aliphatic hydroxyl groups is 1. The highest BCUT2D eigenvalue weighted by Crippen LogP contribution is 2.21. The molecule has 1 saturated heterocycles. The number of hydrogen-bond donors (Lipinski definition) is 1. The predicted molar refractivity (Wildman–Crippen MR) is 56.9 cm³/mol. The van der Waals surface area contributed by atoms with Gasteiger partial charge in [-0.3, -0.25) is 0 Å². The van der Waals surface area contributed by atoms with Gasteiger partial charge in [0, 0.05) is 6.42 Å². The van der Waals surface area contributed by atoms with E-state index in [1.54, 1.807) is 6.92 Å². The molecular formula is C12H16O3. The van der Waals surface area contributed by atoms with Crippen molar-refractivity contribution in [2.45, 2.75) is 25.6 Å². The van der Waals surface area contributed by atoms with Gasteiger partial charge in [0.05, 0.1) is 19.3 Å². The van der Waals surface area contributed by atoms with Crippen LogP contribution in [0.5, 0.6) is 5.75 Å². The van der Waals surface area contributed by atoms with E-state index in [1.165, 1.54) is 0 Å². The fourth-order valence-electron chi connectivity index (χ4n) is 1.65. The topological polar surface area (TPSA) is 38.7 Å². The number of hydrogen-bond acceptors (Lipinski definition) is 3. The van der Waals surface area contributed by atoms with Crippen LogP contribution in [0.25, 0.3) is 0 Å². The molecule has 0 saturated carbocycles. The lowest BCUT2D eigenvalue weighted by molar-refractivity contribution is 0.141. The lowest BCUT2D eigenvalue weighted by atomic mass is 10.1. The van der Waals surface area contributed by atoms with E-state index in [9.17, 15) is 5.11 Å². The monoisotopic (exact) mass is 208 g/mol. The van der Waals surface area contributed by atoms with Crippen LogP contribution in [0.4, 0.5) is 0 Å². The van der Waals surface area contributed by atoms with Gasteiger partial charge in [-0.25, -0.2) is 0 Å². The van der Waals surface area contributed by atoms with E-state index < -0.39 is 6.10 Å². The second-order valence-electron chi connectivity index (χ2n) is 3.85. The summed E-state index contributed by atoms with van der Waals surface area (Å²) in [5, 5.41) is 9.43. The molecule has 0 spiro atoms. The maximum absolute atomic E-state index is 9.43. The highest BCUT2D eigenvalue weighted by atomic mass is 16.5. The van der Waals surface area contributed by atoms with Gasteiger partial charge >= 0.3 is 0 Å². The maximum atomic E-state index is 9.43. The minimum absolute atomic E-state index is 0.161. The number of benzene rings is 1. The van der Waals surface area contributed by atoms with Crippen LogP contribution in [0.2, 0.25) is 0 Å². The van der Waals surface area contributed by atoms with Gasteiger partial charge in [0.1, 0.15) is 11.9 Å². The molecule has 1 aliphatic heterocycles. The van der Waals surface area contributed by atoms with Crippen LogP contribution in [-0.4, -0.2) is 24.4 Å². The molecule has 1 aromatic rings. The van der Waals surface area contributed by atoms with E-state index in [0.29, 0.717) is 6.61 Å². The molecule has 3 heteroatoms. The van der Waals surface area contributed by atoms with Crippen molar-refractivity contribution >= 4 is 0 Å². The molecule has 15 heavy (non-hydrogen) atoms. The molecule has 0 aliphatic carbocycles. The number of rotatable bonds is 3. The van der Waals surface area contributed by atoms with Crippen molar-refractivity contribution in [3.8, 4) is 5.75 Å². The number of ether oxygens (including phenoxy) is 2. The lowest BCUT2D eigenvalue weighted by Crippen LogP contribution is -2.15. The summed E-state index contributed by atoms with van der Waals surface area (Å²) in [5.74, 6) is 0.809. The molecule has 0 bridgehead atoms. The second kappa shape index (κ2) is 4.64. The Labute approximate surface area is 89.6 Å². The third-order valence-electron chi connectivity index (χ3n) is 2.53. The highest BCUT2D eigenvalue weighted by molar-refractivity contribution is 5.29. The standard InChI is InChI=1S/C12H16O3/c1-9(13)10-3-2-4-11(7-10)15-12-5-6-14-8-12/h2-4,7,9,12-13H,5-6,8H2,1H3/t9-,12?/m0/s1. The Morgan fingerprint density at radius 2 is 2.40 bits per heavy atom. The third kappa shape index (κ3) is 2.70. The van der Waals surface area contributed by atoms with Crippen molar-refractivity contribution < 1.29 is 14.6 Å². The van der Waals surface area contributed by atoms with Gasteiger partial charge in [-0.1, -0.05) is 12.1 Å². The van der Waals surface area contributed by atoms with E-state index in [1.807, 2.05) is 24.3 Å². The van der Waals surface area contributed by atoms with E-state index in [-0.39, 0.29) is 6.10 Å². The Kier molecular flexibility index (Phi) is 3.23. The van der Waals surface area contributed by atoms with E-state index in [0.717, 1.165) is 24.3 Å². The molecular weight excluding hydrogens is 192 g/mol. The van der Waals surface area contributed by atoms with Crippen molar-refractivity contribution in [2.75, 3.05) is 13.2 Å². The molecule has 0 amide bonds. The van der Waals surface area contributed by atoms with Gasteiger partial charge in [0.2, 0.25) is 0 Å². The highest BCUT2D eigenvalue weighted by Gasteiger charge is 2.17. The third-order valence-corrected chi connectivity index (χ3v) is 2.53. The molecule has 82 valence electrons. The minimum atomic E-state index is -0.451. The average Bonchev–Trinajstić information content (AvgIpc) is 2.71. The number of aliphatic hydroxyl groups excluding tert-OH is 1. The zero-order valence-corrected chi connectivity index (χ0v) is 8.85.